The van der Waals surface area contributed by atoms with E-state index in [-0.39, 0.29) is 17.9 Å². The molecule has 0 aliphatic carbocycles. The van der Waals surface area contributed by atoms with Crippen LogP contribution in [0.15, 0.2) is 30.3 Å². The maximum absolute atomic E-state index is 11.2. The van der Waals surface area contributed by atoms with Crippen molar-refractivity contribution >= 4 is 17.5 Å². The molecule has 0 spiro atoms. The van der Waals surface area contributed by atoms with E-state index in [1.807, 2.05) is 0 Å². The summed E-state index contributed by atoms with van der Waals surface area (Å²) in [5.74, 6) is -2.69. The number of ether oxygens (including phenoxy) is 1. The molecule has 0 radical (unpaired) electrons. The van der Waals surface area contributed by atoms with Crippen LogP contribution in [-0.2, 0) is 14.3 Å². The molecule has 0 bridgehead atoms. The van der Waals surface area contributed by atoms with Gasteiger partial charge in [0.1, 0.15) is 11.5 Å². The summed E-state index contributed by atoms with van der Waals surface area (Å²) in [4.78, 5) is 22.2. The summed E-state index contributed by atoms with van der Waals surface area (Å²) in [6, 6.07) is 5.92. The summed E-state index contributed by atoms with van der Waals surface area (Å²) < 4.78 is 4.46. The van der Waals surface area contributed by atoms with Gasteiger partial charge in [0, 0.05) is 6.08 Å². The first kappa shape index (κ1) is 12.8. The number of aromatic hydroxyl groups is 1. The number of phenols is 1. The highest BCUT2D eigenvalue weighted by molar-refractivity contribution is 6.39. The smallest absolute Gasteiger partial charge is 0.379 e. The Balaban J connectivity index is 2.90. The fourth-order valence-electron chi connectivity index (χ4n) is 1.15. The number of aliphatic hydroxyl groups is 1. The van der Waals surface area contributed by atoms with Crippen LogP contribution in [-0.4, -0.2) is 28.6 Å². The van der Waals surface area contributed by atoms with Gasteiger partial charge in [-0.2, -0.15) is 0 Å². The van der Waals surface area contributed by atoms with E-state index in [4.69, 9.17) is 0 Å². The van der Waals surface area contributed by atoms with Crippen LogP contribution in [0.2, 0.25) is 0 Å². The number of para-hydroxylation sites is 1. The highest BCUT2D eigenvalue weighted by atomic mass is 16.5. The van der Waals surface area contributed by atoms with Crippen LogP contribution in [0.1, 0.15) is 12.5 Å². The summed E-state index contributed by atoms with van der Waals surface area (Å²) in [5, 5.41) is 19.0. The zero-order valence-electron chi connectivity index (χ0n) is 9.21. The van der Waals surface area contributed by atoms with Crippen LogP contribution in [0.4, 0.5) is 0 Å². The van der Waals surface area contributed by atoms with E-state index >= 15 is 0 Å². The number of benzene rings is 1. The number of hydrogen-bond donors (Lipinski definition) is 2. The monoisotopic (exact) mass is 236 g/mol. The minimum Gasteiger partial charge on any atom is -0.507 e. The fourth-order valence-corrected chi connectivity index (χ4v) is 1.15. The van der Waals surface area contributed by atoms with Crippen molar-refractivity contribution in [1.29, 1.82) is 0 Å². The van der Waals surface area contributed by atoms with Gasteiger partial charge in [0.05, 0.1) is 12.2 Å². The van der Waals surface area contributed by atoms with E-state index in [2.05, 4.69) is 4.74 Å². The summed E-state index contributed by atoms with van der Waals surface area (Å²) in [6.07, 6.45) is 0.715. The summed E-state index contributed by atoms with van der Waals surface area (Å²) >= 11 is 0. The average molecular weight is 236 g/mol. The van der Waals surface area contributed by atoms with Crippen LogP contribution in [0, 0.1) is 0 Å². The number of esters is 1. The Bertz CT molecular complexity index is 462. The molecular weight excluding hydrogens is 224 g/mol. The molecule has 1 rings (SSSR count). The molecule has 1 aromatic carbocycles. The van der Waals surface area contributed by atoms with Crippen molar-refractivity contribution < 1.29 is 24.5 Å². The summed E-state index contributed by atoms with van der Waals surface area (Å²) in [6.45, 7) is 1.65. The van der Waals surface area contributed by atoms with E-state index in [0.29, 0.717) is 6.08 Å². The lowest BCUT2D eigenvalue weighted by Crippen LogP contribution is -2.15. The van der Waals surface area contributed by atoms with Crippen molar-refractivity contribution in [2.24, 2.45) is 0 Å². The lowest BCUT2D eigenvalue weighted by atomic mass is 10.1. The van der Waals surface area contributed by atoms with Crippen LogP contribution in [0.5, 0.6) is 5.75 Å². The van der Waals surface area contributed by atoms with Gasteiger partial charge in [-0.15, -0.1) is 0 Å². The molecule has 0 fully saturated rings. The number of carbonyl (C=O) groups excluding carboxylic acids is 2. The first-order valence-corrected chi connectivity index (χ1v) is 4.96. The first-order chi connectivity index (χ1) is 8.06. The molecule has 5 nitrogen and oxygen atoms in total. The largest absolute Gasteiger partial charge is 0.507 e. The molecule has 90 valence electrons. The number of rotatable bonds is 4. The van der Waals surface area contributed by atoms with Crippen LogP contribution < -0.4 is 0 Å². The van der Waals surface area contributed by atoms with Crippen molar-refractivity contribution in [3.8, 4) is 5.75 Å². The van der Waals surface area contributed by atoms with Gasteiger partial charge in [0.2, 0.25) is 0 Å². The van der Waals surface area contributed by atoms with Crippen molar-refractivity contribution in [3.63, 3.8) is 0 Å². The number of phenolic OH excluding ortho intramolecular Hbond substituents is 1. The molecule has 0 heterocycles. The normalized spacial score (nSPS) is 11.0. The maximum atomic E-state index is 11.2. The zero-order chi connectivity index (χ0) is 12.8. The van der Waals surface area contributed by atoms with Gasteiger partial charge in [0.15, 0.2) is 0 Å². The molecule has 5 heteroatoms. The second-order valence-corrected chi connectivity index (χ2v) is 3.13. The summed E-state index contributed by atoms with van der Waals surface area (Å²) in [7, 11) is 0. The molecular formula is C12H12O5. The molecule has 0 amide bonds. The minimum absolute atomic E-state index is 0.0742. The average Bonchev–Trinajstić information content (AvgIpc) is 2.29. The highest BCUT2D eigenvalue weighted by Gasteiger charge is 2.14. The predicted octanol–water partition coefficient (Wildman–Crippen LogP) is 1.42. The van der Waals surface area contributed by atoms with E-state index in [1.54, 1.807) is 19.1 Å². The Morgan fingerprint density at radius 2 is 2.00 bits per heavy atom. The zero-order valence-corrected chi connectivity index (χ0v) is 9.21. The molecule has 1 aromatic rings. The van der Waals surface area contributed by atoms with Gasteiger partial charge >= 0.3 is 5.97 Å². The third kappa shape index (κ3) is 3.34. The van der Waals surface area contributed by atoms with Gasteiger partial charge in [0.25, 0.3) is 5.78 Å². The third-order valence-electron chi connectivity index (χ3n) is 1.92. The van der Waals surface area contributed by atoms with Gasteiger partial charge < -0.3 is 14.9 Å². The van der Waals surface area contributed by atoms with Crippen LogP contribution >= 0.6 is 0 Å². The van der Waals surface area contributed by atoms with Gasteiger partial charge in [-0.25, -0.2) is 4.79 Å². The Morgan fingerprint density at radius 3 is 2.59 bits per heavy atom. The van der Waals surface area contributed by atoms with Crippen molar-refractivity contribution in [3.05, 3.63) is 35.9 Å². The van der Waals surface area contributed by atoms with Crippen molar-refractivity contribution in [2.75, 3.05) is 6.61 Å². The van der Waals surface area contributed by atoms with E-state index in [9.17, 15) is 19.8 Å². The van der Waals surface area contributed by atoms with Crippen molar-refractivity contribution in [1.82, 2.24) is 0 Å². The van der Waals surface area contributed by atoms with Gasteiger partial charge in [-0.3, -0.25) is 4.79 Å². The Morgan fingerprint density at radius 1 is 1.35 bits per heavy atom. The van der Waals surface area contributed by atoms with Crippen molar-refractivity contribution in [2.45, 2.75) is 6.92 Å². The number of ketones is 1. The third-order valence-corrected chi connectivity index (χ3v) is 1.92. The molecule has 0 aromatic heterocycles. The SMILES string of the molecule is CCOC(=O)C(=O)/C=C(\O)c1ccccc1O. The lowest BCUT2D eigenvalue weighted by Gasteiger charge is -2.02. The van der Waals surface area contributed by atoms with Crippen LogP contribution in [0.25, 0.3) is 5.76 Å². The quantitative estimate of drug-likeness (QED) is 0.357. The molecule has 0 unspecified atom stereocenters. The molecule has 0 atom stereocenters. The Kier molecular flexibility index (Phi) is 4.28. The topological polar surface area (TPSA) is 83.8 Å². The second kappa shape index (κ2) is 5.69. The molecule has 0 saturated heterocycles. The molecule has 2 N–H and O–H groups in total. The van der Waals surface area contributed by atoms with Gasteiger partial charge in [-0.05, 0) is 19.1 Å². The number of carbonyl (C=O) groups is 2. The Hall–Kier alpha value is -2.30. The molecule has 17 heavy (non-hydrogen) atoms. The predicted molar refractivity (Wildman–Crippen MR) is 60.4 cm³/mol. The fraction of sp³-hybridized carbons (Fsp3) is 0.167. The summed E-state index contributed by atoms with van der Waals surface area (Å²) in [5.41, 5.74) is 0.0742. The molecule has 0 aliphatic heterocycles. The van der Waals surface area contributed by atoms with E-state index in [0.717, 1.165) is 0 Å². The maximum Gasteiger partial charge on any atom is 0.379 e. The van der Waals surface area contributed by atoms with Crippen LogP contribution in [0.3, 0.4) is 0 Å². The first-order valence-electron chi connectivity index (χ1n) is 4.96. The standard InChI is InChI=1S/C12H12O5/c1-2-17-12(16)11(15)7-10(14)8-5-3-4-6-9(8)13/h3-7,13-14H,2H2,1H3/b10-7-. The number of hydrogen-bond acceptors (Lipinski definition) is 5. The molecule has 0 saturated carbocycles. The Labute approximate surface area is 98.0 Å². The van der Waals surface area contributed by atoms with E-state index < -0.39 is 17.5 Å². The lowest BCUT2D eigenvalue weighted by molar-refractivity contribution is -0.151. The highest BCUT2D eigenvalue weighted by Crippen LogP contribution is 2.22. The minimum atomic E-state index is -1.05. The van der Waals surface area contributed by atoms with Gasteiger partial charge in [-0.1, -0.05) is 12.1 Å². The second-order valence-electron chi connectivity index (χ2n) is 3.13. The van der Waals surface area contributed by atoms with E-state index in [1.165, 1.54) is 12.1 Å². The molecule has 0 aliphatic rings. The number of aliphatic hydroxyl groups excluding tert-OH is 1.